The second-order valence-corrected chi connectivity index (χ2v) is 5.44. The maximum atomic E-state index is 6.25. The molecule has 0 aliphatic heterocycles. The number of aromatic nitrogens is 1. The molecule has 1 aromatic carbocycles. The SMILES string of the molecule is CCNc1nc(-c2ccc(N(C)C)cc2)c(Cl)cc1Cl. The number of rotatable bonds is 4. The van der Waals surface area contributed by atoms with Gasteiger partial charge in [0.15, 0.2) is 0 Å². The normalized spacial score (nSPS) is 10.4. The number of hydrogen-bond donors (Lipinski definition) is 1. The Morgan fingerprint density at radius 3 is 2.30 bits per heavy atom. The topological polar surface area (TPSA) is 28.2 Å². The predicted octanol–water partition coefficient (Wildman–Crippen LogP) is 4.55. The fourth-order valence-electron chi connectivity index (χ4n) is 1.88. The van der Waals surface area contributed by atoms with Crippen molar-refractivity contribution in [3.8, 4) is 11.3 Å². The Bertz CT molecular complexity index is 595. The fraction of sp³-hybridized carbons (Fsp3) is 0.267. The smallest absolute Gasteiger partial charge is 0.145 e. The van der Waals surface area contributed by atoms with E-state index in [1.165, 1.54) is 0 Å². The highest BCUT2D eigenvalue weighted by Gasteiger charge is 2.11. The van der Waals surface area contributed by atoms with Crippen molar-refractivity contribution in [2.24, 2.45) is 0 Å². The molecule has 0 radical (unpaired) electrons. The summed E-state index contributed by atoms with van der Waals surface area (Å²) in [6, 6.07) is 9.81. The zero-order valence-electron chi connectivity index (χ0n) is 11.7. The molecule has 0 atom stereocenters. The summed E-state index contributed by atoms with van der Waals surface area (Å²) in [6.45, 7) is 2.76. The van der Waals surface area contributed by atoms with Crippen LogP contribution in [0.2, 0.25) is 10.0 Å². The summed E-state index contributed by atoms with van der Waals surface area (Å²) in [5, 5.41) is 4.22. The van der Waals surface area contributed by atoms with Crippen LogP contribution in [0.3, 0.4) is 0 Å². The molecule has 2 rings (SSSR count). The van der Waals surface area contributed by atoms with E-state index >= 15 is 0 Å². The Kier molecular flexibility index (Phi) is 4.73. The lowest BCUT2D eigenvalue weighted by atomic mass is 10.1. The predicted molar refractivity (Wildman–Crippen MR) is 88.2 cm³/mol. The van der Waals surface area contributed by atoms with Gasteiger partial charge in [-0.2, -0.15) is 0 Å². The third-order valence-electron chi connectivity index (χ3n) is 2.93. The summed E-state index contributed by atoms with van der Waals surface area (Å²) >= 11 is 12.4. The highest BCUT2D eigenvalue weighted by Crippen LogP contribution is 2.33. The number of hydrogen-bond acceptors (Lipinski definition) is 3. The molecule has 1 heterocycles. The van der Waals surface area contributed by atoms with Crippen molar-refractivity contribution in [2.45, 2.75) is 6.92 Å². The van der Waals surface area contributed by atoms with Gasteiger partial charge >= 0.3 is 0 Å². The van der Waals surface area contributed by atoms with Crippen molar-refractivity contribution in [1.29, 1.82) is 0 Å². The van der Waals surface area contributed by atoms with E-state index in [1.807, 2.05) is 50.2 Å². The van der Waals surface area contributed by atoms with E-state index in [2.05, 4.69) is 10.3 Å². The zero-order chi connectivity index (χ0) is 14.7. The second-order valence-electron chi connectivity index (χ2n) is 4.62. The molecule has 0 aliphatic rings. The monoisotopic (exact) mass is 309 g/mol. The van der Waals surface area contributed by atoms with E-state index < -0.39 is 0 Å². The first-order valence-electron chi connectivity index (χ1n) is 6.40. The van der Waals surface area contributed by atoms with E-state index in [1.54, 1.807) is 6.07 Å². The van der Waals surface area contributed by atoms with Crippen LogP contribution in [0.1, 0.15) is 6.92 Å². The number of halogens is 2. The van der Waals surface area contributed by atoms with Gasteiger partial charge in [0.05, 0.1) is 15.7 Å². The maximum absolute atomic E-state index is 6.25. The first kappa shape index (κ1) is 14.9. The van der Waals surface area contributed by atoms with E-state index in [9.17, 15) is 0 Å². The molecule has 0 spiro atoms. The van der Waals surface area contributed by atoms with E-state index in [0.29, 0.717) is 15.9 Å². The largest absolute Gasteiger partial charge is 0.378 e. The molecule has 1 N–H and O–H groups in total. The average molecular weight is 310 g/mol. The average Bonchev–Trinajstić information content (AvgIpc) is 2.42. The molecule has 0 saturated carbocycles. The maximum Gasteiger partial charge on any atom is 0.145 e. The molecule has 20 heavy (non-hydrogen) atoms. The molecule has 5 heteroatoms. The van der Waals surface area contributed by atoms with Crippen LogP contribution >= 0.6 is 23.2 Å². The lowest BCUT2D eigenvalue weighted by molar-refractivity contribution is 1.13. The van der Waals surface area contributed by atoms with Crippen molar-refractivity contribution >= 4 is 34.7 Å². The van der Waals surface area contributed by atoms with Gasteiger partial charge in [-0.15, -0.1) is 0 Å². The molecule has 0 unspecified atom stereocenters. The molecule has 3 nitrogen and oxygen atoms in total. The number of pyridine rings is 1. The Morgan fingerprint density at radius 1 is 1.10 bits per heavy atom. The lowest BCUT2D eigenvalue weighted by Gasteiger charge is -2.14. The Labute approximate surface area is 129 Å². The standard InChI is InChI=1S/C15H17Cl2N3/c1-4-18-15-13(17)9-12(16)14(19-15)10-5-7-11(8-6-10)20(2)3/h5-9H,4H2,1-3H3,(H,18,19). The van der Waals surface area contributed by atoms with Gasteiger partial charge in [-0.25, -0.2) is 4.98 Å². The molecule has 0 fully saturated rings. The molecule has 106 valence electrons. The van der Waals surface area contributed by atoms with Gasteiger partial charge in [0, 0.05) is 31.9 Å². The van der Waals surface area contributed by atoms with Crippen LogP contribution in [0.5, 0.6) is 0 Å². The van der Waals surface area contributed by atoms with E-state index in [-0.39, 0.29) is 0 Å². The molecule has 0 saturated heterocycles. The van der Waals surface area contributed by atoms with Crippen LogP contribution in [-0.2, 0) is 0 Å². The molecular formula is C15H17Cl2N3. The molecule has 2 aromatic rings. The van der Waals surface area contributed by atoms with Gasteiger partial charge < -0.3 is 10.2 Å². The third kappa shape index (κ3) is 3.17. The van der Waals surface area contributed by atoms with Gasteiger partial charge in [-0.05, 0) is 25.1 Å². The van der Waals surface area contributed by atoms with Crippen LogP contribution in [0.4, 0.5) is 11.5 Å². The summed E-state index contributed by atoms with van der Waals surface area (Å²) < 4.78 is 0. The first-order chi connectivity index (χ1) is 9.52. The summed E-state index contributed by atoms with van der Waals surface area (Å²) in [5.74, 6) is 0.658. The summed E-state index contributed by atoms with van der Waals surface area (Å²) in [5.41, 5.74) is 2.83. The van der Waals surface area contributed by atoms with Crippen molar-refractivity contribution in [3.05, 3.63) is 40.4 Å². The highest BCUT2D eigenvalue weighted by atomic mass is 35.5. The van der Waals surface area contributed by atoms with E-state index in [4.69, 9.17) is 23.2 Å². The van der Waals surface area contributed by atoms with Gasteiger partial charge in [-0.1, -0.05) is 35.3 Å². The Balaban J connectivity index is 2.43. The number of nitrogens with one attached hydrogen (secondary N) is 1. The minimum absolute atomic E-state index is 0.533. The van der Waals surface area contributed by atoms with Crippen LogP contribution in [0.15, 0.2) is 30.3 Å². The number of anilines is 2. The summed E-state index contributed by atoms with van der Waals surface area (Å²) in [6.07, 6.45) is 0. The molecule has 1 aromatic heterocycles. The van der Waals surface area contributed by atoms with Crippen LogP contribution in [0.25, 0.3) is 11.3 Å². The summed E-state index contributed by atoms with van der Waals surface area (Å²) in [4.78, 5) is 6.56. The third-order valence-corrected chi connectivity index (χ3v) is 3.51. The second kappa shape index (κ2) is 6.33. The molecular weight excluding hydrogens is 293 g/mol. The minimum atomic E-state index is 0.533. The lowest BCUT2D eigenvalue weighted by Crippen LogP contribution is -2.08. The summed E-state index contributed by atoms with van der Waals surface area (Å²) in [7, 11) is 4.01. The van der Waals surface area contributed by atoms with Crippen LogP contribution in [0, 0.1) is 0 Å². The van der Waals surface area contributed by atoms with Crippen LogP contribution < -0.4 is 10.2 Å². The highest BCUT2D eigenvalue weighted by molar-refractivity contribution is 6.37. The quantitative estimate of drug-likeness (QED) is 0.897. The zero-order valence-corrected chi connectivity index (χ0v) is 13.3. The van der Waals surface area contributed by atoms with Crippen molar-refractivity contribution in [2.75, 3.05) is 30.9 Å². The Morgan fingerprint density at radius 2 is 1.75 bits per heavy atom. The van der Waals surface area contributed by atoms with Crippen molar-refractivity contribution in [1.82, 2.24) is 4.98 Å². The van der Waals surface area contributed by atoms with Crippen molar-refractivity contribution in [3.63, 3.8) is 0 Å². The fourth-order valence-corrected chi connectivity index (χ4v) is 2.41. The van der Waals surface area contributed by atoms with Gasteiger partial charge in [0.2, 0.25) is 0 Å². The molecule has 0 bridgehead atoms. The first-order valence-corrected chi connectivity index (χ1v) is 7.16. The Hall–Kier alpha value is -1.45. The molecule has 0 amide bonds. The number of benzene rings is 1. The van der Waals surface area contributed by atoms with Gasteiger partial charge in [0.1, 0.15) is 5.82 Å². The van der Waals surface area contributed by atoms with Gasteiger partial charge in [-0.3, -0.25) is 0 Å². The van der Waals surface area contributed by atoms with E-state index in [0.717, 1.165) is 23.5 Å². The number of nitrogens with zero attached hydrogens (tertiary/aromatic N) is 2. The van der Waals surface area contributed by atoms with Crippen LogP contribution in [-0.4, -0.2) is 25.6 Å². The van der Waals surface area contributed by atoms with Gasteiger partial charge in [0.25, 0.3) is 0 Å². The molecule has 0 aliphatic carbocycles. The minimum Gasteiger partial charge on any atom is -0.378 e. The van der Waals surface area contributed by atoms with Crippen molar-refractivity contribution < 1.29 is 0 Å².